The molecule has 0 atom stereocenters. The van der Waals surface area contributed by atoms with E-state index in [-0.39, 0.29) is 5.91 Å². The average Bonchev–Trinajstić information content (AvgIpc) is 2.95. The molecule has 6 nitrogen and oxygen atoms in total. The van der Waals surface area contributed by atoms with Crippen LogP contribution in [-0.2, 0) is 17.9 Å². The zero-order valence-electron chi connectivity index (χ0n) is 12.2. The Labute approximate surface area is 124 Å². The normalized spacial score (nSPS) is 21.3. The summed E-state index contributed by atoms with van der Waals surface area (Å²) in [6.07, 6.45) is 8.53. The number of amides is 1. The highest BCUT2D eigenvalue weighted by Crippen LogP contribution is 2.27. The fraction of sp³-hybridized carbons (Fsp3) is 0.667. The molecule has 0 unspecified atom stereocenters. The van der Waals surface area contributed by atoms with Crippen molar-refractivity contribution in [2.75, 3.05) is 13.1 Å². The second-order valence-corrected chi connectivity index (χ2v) is 6.05. The first kappa shape index (κ1) is 14.1. The number of hydrogen-bond donors (Lipinski definition) is 1. The highest BCUT2D eigenvalue weighted by atomic mass is 16.2. The molecule has 0 spiro atoms. The van der Waals surface area contributed by atoms with E-state index >= 15 is 0 Å². The minimum absolute atomic E-state index is 0.0431. The number of nitrogens with one attached hydrogen (secondary N) is 1. The molecule has 0 bridgehead atoms. The van der Waals surface area contributed by atoms with Gasteiger partial charge in [0.05, 0.1) is 19.2 Å². The van der Waals surface area contributed by atoms with Crippen LogP contribution in [0.5, 0.6) is 0 Å². The molecule has 1 aromatic heterocycles. The lowest BCUT2D eigenvalue weighted by atomic mass is 9.83. The molecule has 2 heterocycles. The second kappa shape index (κ2) is 5.86. The molecule has 1 saturated carbocycles. The Morgan fingerprint density at radius 2 is 2.19 bits per heavy atom. The van der Waals surface area contributed by atoms with Gasteiger partial charge >= 0.3 is 0 Å². The fourth-order valence-electron chi connectivity index (χ4n) is 3.29. The molecule has 3 rings (SSSR count). The molecule has 6 heteroatoms. The monoisotopic (exact) mass is 287 g/mol. The first-order chi connectivity index (χ1) is 10.2. The van der Waals surface area contributed by atoms with E-state index in [4.69, 9.17) is 0 Å². The van der Waals surface area contributed by atoms with E-state index in [2.05, 4.69) is 25.8 Å². The fourth-order valence-corrected chi connectivity index (χ4v) is 3.29. The maximum atomic E-state index is 12.3. The van der Waals surface area contributed by atoms with Crippen molar-refractivity contribution >= 4 is 5.91 Å². The van der Waals surface area contributed by atoms with Gasteiger partial charge in [0.15, 0.2) is 0 Å². The van der Waals surface area contributed by atoms with Crippen LogP contribution >= 0.6 is 0 Å². The Morgan fingerprint density at radius 3 is 2.95 bits per heavy atom. The van der Waals surface area contributed by atoms with E-state index in [0.29, 0.717) is 13.1 Å². The van der Waals surface area contributed by atoms with Crippen molar-refractivity contribution in [2.45, 2.75) is 50.7 Å². The number of aromatic nitrogens is 2. The van der Waals surface area contributed by atoms with Crippen molar-refractivity contribution < 1.29 is 4.79 Å². The molecule has 1 N–H and O–H groups in total. The molecule has 1 amide bonds. The smallest absolute Gasteiger partial charge is 0.235 e. The quantitative estimate of drug-likeness (QED) is 0.901. The summed E-state index contributed by atoms with van der Waals surface area (Å²) in [6.45, 7) is 2.75. The molecule has 1 aliphatic carbocycles. The Balaban J connectivity index is 1.56. The van der Waals surface area contributed by atoms with Crippen LogP contribution in [0.15, 0.2) is 12.4 Å². The van der Waals surface area contributed by atoms with Gasteiger partial charge in [-0.2, -0.15) is 5.26 Å². The lowest BCUT2D eigenvalue weighted by Gasteiger charge is -2.33. The number of hydrogen-bond acceptors (Lipinski definition) is 4. The van der Waals surface area contributed by atoms with Crippen molar-refractivity contribution in [1.82, 2.24) is 19.8 Å². The van der Waals surface area contributed by atoms with Crippen molar-refractivity contribution in [1.29, 1.82) is 5.26 Å². The van der Waals surface area contributed by atoms with Crippen molar-refractivity contribution in [3.05, 3.63) is 18.2 Å². The van der Waals surface area contributed by atoms with Crippen LogP contribution in [0.4, 0.5) is 0 Å². The average molecular weight is 287 g/mol. The molecule has 0 saturated heterocycles. The molecule has 0 radical (unpaired) electrons. The van der Waals surface area contributed by atoms with Gasteiger partial charge in [0.2, 0.25) is 5.91 Å². The highest BCUT2D eigenvalue weighted by molar-refractivity contribution is 5.79. The summed E-state index contributed by atoms with van der Waals surface area (Å²) < 4.78 is 2.12. The van der Waals surface area contributed by atoms with Gasteiger partial charge in [0.1, 0.15) is 11.4 Å². The van der Waals surface area contributed by atoms with E-state index in [0.717, 1.165) is 51.0 Å². The lowest BCUT2D eigenvalue weighted by molar-refractivity contribution is -0.124. The SMILES string of the molecule is N#CC1(NC(=O)CN2CCn3ccnc3C2)CCCCC1. The summed E-state index contributed by atoms with van der Waals surface area (Å²) in [7, 11) is 0. The summed E-state index contributed by atoms with van der Waals surface area (Å²) in [5.41, 5.74) is -0.635. The number of imidazole rings is 1. The van der Waals surface area contributed by atoms with E-state index in [9.17, 15) is 10.1 Å². The van der Waals surface area contributed by atoms with Crippen molar-refractivity contribution in [3.8, 4) is 6.07 Å². The molecule has 1 fully saturated rings. The zero-order valence-corrected chi connectivity index (χ0v) is 12.2. The molecule has 2 aliphatic rings. The highest BCUT2D eigenvalue weighted by Gasteiger charge is 2.34. The Hall–Kier alpha value is -1.87. The number of carbonyl (C=O) groups is 1. The lowest BCUT2D eigenvalue weighted by Crippen LogP contribution is -2.52. The van der Waals surface area contributed by atoms with Gasteiger partial charge in [-0.1, -0.05) is 19.3 Å². The van der Waals surface area contributed by atoms with Gasteiger partial charge in [0, 0.05) is 25.5 Å². The first-order valence-electron chi connectivity index (χ1n) is 7.65. The maximum Gasteiger partial charge on any atom is 0.235 e. The second-order valence-electron chi connectivity index (χ2n) is 6.05. The Kier molecular flexibility index (Phi) is 3.93. The van der Waals surface area contributed by atoms with Crippen molar-refractivity contribution in [2.24, 2.45) is 0 Å². The molecule has 1 aromatic rings. The van der Waals surface area contributed by atoms with E-state index in [1.807, 2.05) is 6.20 Å². The van der Waals surface area contributed by atoms with Gasteiger partial charge in [-0.05, 0) is 12.8 Å². The van der Waals surface area contributed by atoms with Crippen LogP contribution in [0.3, 0.4) is 0 Å². The summed E-state index contributed by atoms with van der Waals surface area (Å²) >= 11 is 0. The van der Waals surface area contributed by atoms with Gasteiger partial charge in [-0.15, -0.1) is 0 Å². The third kappa shape index (κ3) is 3.08. The topological polar surface area (TPSA) is 74.0 Å². The van der Waals surface area contributed by atoms with Gasteiger partial charge < -0.3 is 9.88 Å². The maximum absolute atomic E-state index is 12.3. The number of rotatable bonds is 3. The van der Waals surface area contributed by atoms with Crippen LogP contribution < -0.4 is 5.32 Å². The first-order valence-corrected chi connectivity index (χ1v) is 7.65. The van der Waals surface area contributed by atoms with Crippen LogP contribution in [0, 0.1) is 11.3 Å². The third-order valence-electron chi connectivity index (χ3n) is 4.49. The summed E-state index contributed by atoms with van der Waals surface area (Å²) in [5, 5.41) is 12.4. The molecule has 112 valence electrons. The molecular formula is C15H21N5O. The van der Waals surface area contributed by atoms with Gasteiger partial charge in [-0.25, -0.2) is 4.98 Å². The van der Waals surface area contributed by atoms with Crippen LogP contribution in [-0.4, -0.2) is 39.0 Å². The number of nitrogens with zero attached hydrogens (tertiary/aromatic N) is 4. The minimum atomic E-state index is -0.635. The van der Waals surface area contributed by atoms with E-state index in [1.54, 1.807) is 6.20 Å². The minimum Gasteiger partial charge on any atom is -0.337 e. The summed E-state index contributed by atoms with van der Waals surface area (Å²) in [5.74, 6) is 0.958. The Morgan fingerprint density at radius 1 is 1.38 bits per heavy atom. The molecule has 0 aromatic carbocycles. The van der Waals surface area contributed by atoms with Crippen molar-refractivity contribution in [3.63, 3.8) is 0 Å². The van der Waals surface area contributed by atoms with Gasteiger partial charge in [-0.3, -0.25) is 9.69 Å². The summed E-state index contributed by atoms with van der Waals surface area (Å²) in [4.78, 5) is 18.6. The largest absolute Gasteiger partial charge is 0.337 e. The van der Waals surface area contributed by atoms with E-state index < -0.39 is 5.54 Å². The van der Waals surface area contributed by atoms with Crippen LogP contribution in [0.1, 0.15) is 37.9 Å². The number of nitriles is 1. The number of fused-ring (bicyclic) bond motifs is 1. The number of carbonyl (C=O) groups excluding carboxylic acids is 1. The predicted octanol–water partition coefficient (Wildman–Crippen LogP) is 1.04. The standard InChI is InChI=1S/C15H21N5O/c16-12-15(4-2-1-3-5-15)18-14(21)11-19-8-9-20-7-6-17-13(20)10-19/h6-7H,1-5,8-11H2,(H,18,21). The summed E-state index contributed by atoms with van der Waals surface area (Å²) in [6, 6.07) is 2.33. The molecule has 21 heavy (non-hydrogen) atoms. The molecule has 1 aliphatic heterocycles. The predicted molar refractivity (Wildman–Crippen MR) is 77.1 cm³/mol. The molecular weight excluding hydrogens is 266 g/mol. The van der Waals surface area contributed by atoms with Crippen LogP contribution in [0.2, 0.25) is 0 Å². The van der Waals surface area contributed by atoms with Gasteiger partial charge in [0.25, 0.3) is 0 Å². The zero-order chi connectivity index (χ0) is 14.7. The Bertz CT molecular complexity index is 553. The van der Waals surface area contributed by atoms with E-state index in [1.165, 1.54) is 0 Å². The van der Waals surface area contributed by atoms with Crippen LogP contribution in [0.25, 0.3) is 0 Å². The third-order valence-corrected chi connectivity index (χ3v) is 4.49.